The quantitative estimate of drug-likeness (QED) is 0.653. The van der Waals surface area contributed by atoms with E-state index in [9.17, 15) is 9.59 Å². The van der Waals surface area contributed by atoms with Crippen LogP contribution in [0.4, 0.5) is 0 Å². The maximum Gasteiger partial charge on any atom is 0.220 e. The number of ketones is 1. The number of carbonyl (C=O) groups is 2. The first-order valence-electron chi connectivity index (χ1n) is 6.22. The molecule has 0 aromatic carbocycles. The number of carbonyl (C=O) groups excluding carboxylic acids is 2. The topological polar surface area (TPSA) is 55.4 Å². The lowest BCUT2D eigenvalue weighted by molar-refractivity contribution is -0.124. The monoisotopic (exact) mass is 239 g/mol. The molecule has 1 atom stereocenters. The van der Waals surface area contributed by atoms with E-state index >= 15 is 0 Å². The van der Waals surface area contributed by atoms with Crippen molar-refractivity contribution in [2.45, 2.75) is 45.1 Å². The van der Waals surface area contributed by atoms with Crippen molar-refractivity contribution in [2.24, 2.45) is 0 Å². The highest BCUT2D eigenvalue weighted by molar-refractivity contribution is 5.79. The number of amides is 1. The summed E-state index contributed by atoms with van der Waals surface area (Å²) in [5, 5.41) is 2.91. The van der Waals surface area contributed by atoms with Gasteiger partial charge in [0.1, 0.15) is 6.61 Å². The van der Waals surface area contributed by atoms with Crippen LogP contribution in [0.15, 0.2) is 12.2 Å². The summed E-state index contributed by atoms with van der Waals surface area (Å²) in [5.41, 5.74) is 0. The minimum atomic E-state index is 0.0790. The Morgan fingerprint density at radius 3 is 2.71 bits per heavy atom. The van der Waals surface area contributed by atoms with Crippen molar-refractivity contribution in [3.63, 3.8) is 0 Å². The summed E-state index contributed by atoms with van der Waals surface area (Å²) in [6, 6.07) is 0.101. The lowest BCUT2D eigenvalue weighted by atomic mass is 10.2. The Hall–Kier alpha value is -1.16. The van der Waals surface area contributed by atoms with Crippen LogP contribution in [-0.4, -0.2) is 30.9 Å². The molecule has 1 aliphatic rings. The van der Waals surface area contributed by atoms with Gasteiger partial charge < -0.3 is 10.1 Å². The summed E-state index contributed by atoms with van der Waals surface area (Å²) in [6.45, 7) is 2.66. The van der Waals surface area contributed by atoms with Crippen LogP contribution < -0.4 is 5.32 Å². The standard InChI is InChI=1S/C13H21NO3/c1-11-8-9-17-10-12(15)6-4-2-3-5-7-13(16)14-11/h2-3,11H,4-10H2,1H3,(H,14,16)/b3-2-. The van der Waals surface area contributed by atoms with E-state index in [-0.39, 0.29) is 24.3 Å². The molecule has 0 saturated carbocycles. The highest BCUT2D eigenvalue weighted by Crippen LogP contribution is 2.01. The largest absolute Gasteiger partial charge is 0.374 e. The second kappa shape index (κ2) is 8.01. The smallest absolute Gasteiger partial charge is 0.220 e. The average Bonchev–Trinajstić information content (AvgIpc) is 2.28. The summed E-state index contributed by atoms with van der Waals surface area (Å²) in [6.07, 6.45) is 7.18. The minimum absolute atomic E-state index is 0.0790. The Labute approximate surface area is 102 Å². The fraction of sp³-hybridized carbons (Fsp3) is 0.692. The van der Waals surface area contributed by atoms with Gasteiger partial charge in [-0.15, -0.1) is 0 Å². The molecular formula is C13H21NO3. The number of Topliss-reactive ketones (excluding diaryl/α,β-unsaturated/α-hetero) is 1. The van der Waals surface area contributed by atoms with Crippen LogP contribution in [0.5, 0.6) is 0 Å². The molecule has 0 aliphatic carbocycles. The van der Waals surface area contributed by atoms with Gasteiger partial charge in [0, 0.05) is 25.5 Å². The third-order valence-electron chi connectivity index (χ3n) is 2.66. The molecule has 1 unspecified atom stereocenters. The van der Waals surface area contributed by atoms with E-state index in [1.54, 1.807) is 0 Å². The lowest BCUT2D eigenvalue weighted by Crippen LogP contribution is -2.33. The van der Waals surface area contributed by atoms with Gasteiger partial charge in [-0.2, -0.15) is 0 Å². The second-order valence-electron chi connectivity index (χ2n) is 4.40. The van der Waals surface area contributed by atoms with Gasteiger partial charge in [0.25, 0.3) is 0 Å². The van der Waals surface area contributed by atoms with Gasteiger partial charge in [0.2, 0.25) is 5.91 Å². The van der Waals surface area contributed by atoms with Crippen molar-refractivity contribution in [2.75, 3.05) is 13.2 Å². The molecule has 1 rings (SSSR count). The molecule has 1 heterocycles. The van der Waals surface area contributed by atoms with Crippen molar-refractivity contribution in [3.8, 4) is 0 Å². The summed E-state index contributed by atoms with van der Waals surface area (Å²) >= 11 is 0. The predicted molar refractivity (Wildman–Crippen MR) is 65.7 cm³/mol. The first kappa shape index (κ1) is 13.9. The fourth-order valence-electron chi connectivity index (χ4n) is 1.63. The van der Waals surface area contributed by atoms with Crippen LogP contribution in [0, 0.1) is 0 Å². The van der Waals surface area contributed by atoms with Gasteiger partial charge in [-0.25, -0.2) is 0 Å². The first-order chi connectivity index (χ1) is 8.18. The summed E-state index contributed by atoms with van der Waals surface area (Å²) in [7, 11) is 0. The van der Waals surface area contributed by atoms with Crippen molar-refractivity contribution in [1.29, 1.82) is 0 Å². The SMILES string of the molecule is CC1CCOCC(=O)CC/C=C\CCC(=O)N1. The maximum absolute atomic E-state index is 11.5. The molecule has 0 saturated heterocycles. The third-order valence-corrected chi connectivity index (χ3v) is 2.66. The predicted octanol–water partition coefficient (Wildman–Crippen LogP) is 1.60. The number of rotatable bonds is 0. The van der Waals surface area contributed by atoms with Crippen LogP contribution in [0.2, 0.25) is 0 Å². The zero-order chi connectivity index (χ0) is 12.5. The molecule has 0 radical (unpaired) electrons. The molecule has 0 spiro atoms. The third kappa shape index (κ3) is 6.89. The van der Waals surface area contributed by atoms with Gasteiger partial charge in [-0.3, -0.25) is 9.59 Å². The Morgan fingerprint density at radius 1 is 1.24 bits per heavy atom. The van der Waals surface area contributed by atoms with E-state index in [1.165, 1.54) is 0 Å². The molecule has 0 aromatic heterocycles. The number of allylic oxidation sites excluding steroid dienone is 2. The number of nitrogens with one attached hydrogen (secondary N) is 1. The number of ether oxygens (including phenoxy) is 1. The second-order valence-corrected chi connectivity index (χ2v) is 4.40. The molecule has 96 valence electrons. The normalized spacial score (nSPS) is 27.0. The molecule has 4 heteroatoms. The zero-order valence-corrected chi connectivity index (χ0v) is 10.4. The van der Waals surface area contributed by atoms with Gasteiger partial charge in [-0.05, 0) is 26.2 Å². The molecule has 0 fully saturated rings. The zero-order valence-electron chi connectivity index (χ0n) is 10.4. The van der Waals surface area contributed by atoms with Crippen molar-refractivity contribution in [3.05, 3.63) is 12.2 Å². The molecule has 4 nitrogen and oxygen atoms in total. The minimum Gasteiger partial charge on any atom is -0.374 e. The number of hydrogen-bond acceptors (Lipinski definition) is 3. The number of hydrogen-bond donors (Lipinski definition) is 1. The molecule has 1 N–H and O–H groups in total. The Kier molecular flexibility index (Phi) is 6.55. The first-order valence-corrected chi connectivity index (χ1v) is 6.22. The average molecular weight is 239 g/mol. The van der Waals surface area contributed by atoms with E-state index in [0.717, 1.165) is 19.3 Å². The van der Waals surface area contributed by atoms with E-state index in [4.69, 9.17) is 4.74 Å². The highest BCUT2D eigenvalue weighted by atomic mass is 16.5. The van der Waals surface area contributed by atoms with E-state index in [2.05, 4.69) is 5.32 Å². The lowest BCUT2D eigenvalue weighted by Gasteiger charge is -2.13. The van der Waals surface area contributed by atoms with Gasteiger partial charge in [0.15, 0.2) is 5.78 Å². The molecule has 1 aliphatic heterocycles. The van der Waals surface area contributed by atoms with Crippen LogP contribution >= 0.6 is 0 Å². The molecule has 17 heavy (non-hydrogen) atoms. The highest BCUT2D eigenvalue weighted by Gasteiger charge is 2.08. The van der Waals surface area contributed by atoms with Crippen molar-refractivity contribution >= 4 is 11.7 Å². The fourth-order valence-corrected chi connectivity index (χ4v) is 1.63. The van der Waals surface area contributed by atoms with Gasteiger partial charge >= 0.3 is 0 Å². The van der Waals surface area contributed by atoms with E-state index in [1.807, 2.05) is 19.1 Å². The Balaban J connectivity index is 2.42. The molecule has 0 aromatic rings. The van der Waals surface area contributed by atoms with Gasteiger partial charge in [-0.1, -0.05) is 12.2 Å². The molecular weight excluding hydrogens is 218 g/mol. The molecule has 0 bridgehead atoms. The van der Waals surface area contributed by atoms with Crippen LogP contribution in [0.25, 0.3) is 0 Å². The maximum atomic E-state index is 11.5. The Bertz CT molecular complexity index is 286. The van der Waals surface area contributed by atoms with Crippen LogP contribution in [0.3, 0.4) is 0 Å². The molecule has 1 amide bonds. The van der Waals surface area contributed by atoms with Crippen molar-refractivity contribution < 1.29 is 14.3 Å². The van der Waals surface area contributed by atoms with Crippen molar-refractivity contribution in [1.82, 2.24) is 5.32 Å². The summed E-state index contributed by atoms with van der Waals surface area (Å²) in [5.74, 6) is 0.221. The summed E-state index contributed by atoms with van der Waals surface area (Å²) < 4.78 is 5.27. The summed E-state index contributed by atoms with van der Waals surface area (Å²) in [4.78, 5) is 22.8. The Morgan fingerprint density at radius 2 is 1.94 bits per heavy atom. The van der Waals surface area contributed by atoms with Gasteiger partial charge in [0.05, 0.1) is 0 Å². The van der Waals surface area contributed by atoms with E-state index < -0.39 is 0 Å². The van der Waals surface area contributed by atoms with E-state index in [0.29, 0.717) is 19.4 Å². The van der Waals surface area contributed by atoms with Crippen LogP contribution in [0.1, 0.15) is 39.0 Å². The van der Waals surface area contributed by atoms with Crippen LogP contribution in [-0.2, 0) is 14.3 Å².